The molecule has 1 aliphatic heterocycles. The molecule has 0 aromatic heterocycles. The highest BCUT2D eigenvalue weighted by molar-refractivity contribution is 5.99. The van der Waals surface area contributed by atoms with Crippen LogP contribution in [-0.4, -0.2) is 42.3 Å². The summed E-state index contributed by atoms with van der Waals surface area (Å²) >= 11 is 0. The molecule has 0 aliphatic carbocycles. The number of esters is 1. The van der Waals surface area contributed by atoms with Crippen molar-refractivity contribution in [3.05, 3.63) is 70.3 Å². The first kappa shape index (κ1) is 25.5. The number of hydrogen-bond donors (Lipinski definition) is 0. The number of benzene rings is 2. The lowest BCUT2D eigenvalue weighted by atomic mass is 9.96. The number of halogens is 3. The van der Waals surface area contributed by atoms with E-state index in [9.17, 15) is 27.6 Å². The molecule has 0 unspecified atom stereocenters. The largest absolute Gasteiger partial charge is 0.457 e. The van der Waals surface area contributed by atoms with Crippen molar-refractivity contribution in [3.8, 4) is 0 Å². The van der Waals surface area contributed by atoms with Gasteiger partial charge in [0.1, 0.15) is 0 Å². The highest BCUT2D eigenvalue weighted by Crippen LogP contribution is 2.29. The predicted molar refractivity (Wildman–Crippen MR) is 121 cm³/mol. The number of carbonyl (C=O) groups excluding carboxylic acids is 3. The molecule has 1 aliphatic rings. The van der Waals surface area contributed by atoms with Crippen LogP contribution in [0.5, 0.6) is 0 Å². The second kappa shape index (κ2) is 10.8. The Morgan fingerprint density at radius 2 is 1.62 bits per heavy atom. The Morgan fingerprint density at radius 3 is 2.18 bits per heavy atom. The Bertz CT molecular complexity index is 1040. The third kappa shape index (κ3) is 6.04. The van der Waals surface area contributed by atoms with Gasteiger partial charge in [0.15, 0.2) is 6.61 Å². The number of rotatable bonds is 7. The quantitative estimate of drug-likeness (QED) is 0.413. The number of piperidine rings is 1. The number of hydrogen-bond acceptors (Lipinski definition) is 4. The first-order valence-corrected chi connectivity index (χ1v) is 11.4. The summed E-state index contributed by atoms with van der Waals surface area (Å²) in [5.41, 5.74) is 1.88. The summed E-state index contributed by atoms with van der Waals surface area (Å²) in [6.45, 7) is 4.20. The Morgan fingerprint density at radius 1 is 0.971 bits per heavy atom. The van der Waals surface area contributed by atoms with Crippen LogP contribution in [0.25, 0.3) is 0 Å². The molecule has 0 spiro atoms. The minimum atomic E-state index is -4.46. The van der Waals surface area contributed by atoms with E-state index in [1.807, 2.05) is 32.0 Å². The second-order valence-corrected chi connectivity index (χ2v) is 8.37. The normalized spacial score (nSPS) is 14.7. The molecule has 1 fully saturated rings. The molecule has 1 heterocycles. The predicted octanol–water partition coefficient (Wildman–Crippen LogP) is 5.11. The van der Waals surface area contributed by atoms with Crippen LogP contribution >= 0.6 is 0 Å². The van der Waals surface area contributed by atoms with Crippen molar-refractivity contribution < 1.29 is 32.3 Å². The van der Waals surface area contributed by atoms with Gasteiger partial charge in [-0.1, -0.05) is 26.0 Å². The van der Waals surface area contributed by atoms with Crippen LogP contribution in [0.4, 0.5) is 13.2 Å². The van der Waals surface area contributed by atoms with Crippen LogP contribution < -0.4 is 0 Å². The van der Waals surface area contributed by atoms with E-state index < -0.39 is 23.6 Å². The fraction of sp³-hybridized carbons (Fsp3) is 0.423. The number of likely N-dealkylation sites (tertiary alicyclic amines) is 1. The summed E-state index contributed by atoms with van der Waals surface area (Å²) in [7, 11) is 0. The van der Waals surface area contributed by atoms with E-state index >= 15 is 0 Å². The monoisotopic (exact) mass is 475 g/mol. The number of aryl methyl sites for hydroxylation is 2. The van der Waals surface area contributed by atoms with E-state index in [2.05, 4.69) is 0 Å². The minimum absolute atomic E-state index is 0.167. The third-order valence-corrected chi connectivity index (χ3v) is 6.18. The van der Waals surface area contributed by atoms with Crippen molar-refractivity contribution in [2.75, 3.05) is 19.7 Å². The molecule has 1 saturated heterocycles. The van der Waals surface area contributed by atoms with Gasteiger partial charge in [0.25, 0.3) is 5.91 Å². The van der Waals surface area contributed by atoms with Crippen molar-refractivity contribution in [1.82, 2.24) is 4.90 Å². The summed E-state index contributed by atoms with van der Waals surface area (Å²) in [4.78, 5) is 39.3. The van der Waals surface area contributed by atoms with Crippen LogP contribution in [0.3, 0.4) is 0 Å². The number of alkyl halides is 3. The zero-order valence-electron chi connectivity index (χ0n) is 19.3. The summed E-state index contributed by atoms with van der Waals surface area (Å²) < 4.78 is 43.4. The van der Waals surface area contributed by atoms with Gasteiger partial charge < -0.3 is 9.64 Å². The van der Waals surface area contributed by atoms with Gasteiger partial charge in [-0.05, 0) is 67.1 Å². The highest BCUT2D eigenvalue weighted by Gasteiger charge is 2.32. The average molecular weight is 476 g/mol. The Kier molecular flexibility index (Phi) is 8.12. The Balaban J connectivity index is 1.52. The minimum Gasteiger partial charge on any atom is -0.457 e. The van der Waals surface area contributed by atoms with E-state index in [0.29, 0.717) is 24.8 Å². The molecule has 0 radical (unpaired) electrons. The van der Waals surface area contributed by atoms with Crippen molar-refractivity contribution in [2.24, 2.45) is 5.92 Å². The molecular weight excluding hydrogens is 447 g/mol. The summed E-state index contributed by atoms with van der Waals surface area (Å²) in [5, 5.41) is 0. The van der Waals surface area contributed by atoms with Gasteiger partial charge in [-0.25, -0.2) is 0 Å². The first-order chi connectivity index (χ1) is 16.1. The zero-order valence-corrected chi connectivity index (χ0v) is 19.3. The molecule has 3 rings (SSSR count). The number of ether oxygens (including phenoxy) is 1. The lowest BCUT2D eigenvalue weighted by Crippen LogP contribution is -2.40. The molecule has 1 amide bonds. The first-order valence-electron chi connectivity index (χ1n) is 11.4. The molecular formula is C26H28F3NO4. The molecule has 182 valence electrons. The number of nitrogens with zero attached hydrogens (tertiary/aromatic N) is 1. The van der Waals surface area contributed by atoms with E-state index in [0.717, 1.165) is 41.8 Å². The van der Waals surface area contributed by atoms with Gasteiger partial charge in [-0.2, -0.15) is 13.2 Å². The molecule has 0 N–H and O–H groups in total. The Labute approximate surface area is 196 Å². The molecule has 8 heteroatoms. The van der Waals surface area contributed by atoms with Crippen molar-refractivity contribution >= 4 is 17.7 Å². The molecule has 5 nitrogen and oxygen atoms in total. The molecule has 0 atom stereocenters. The summed E-state index contributed by atoms with van der Waals surface area (Å²) in [6.07, 6.45) is -2.23. The van der Waals surface area contributed by atoms with Gasteiger partial charge in [0.05, 0.1) is 11.5 Å². The number of carbonyl (C=O) groups is 3. The van der Waals surface area contributed by atoms with Crippen LogP contribution in [-0.2, 0) is 28.5 Å². The maximum atomic E-state index is 12.7. The fourth-order valence-corrected chi connectivity index (χ4v) is 4.05. The topological polar surface area (TPSA) is 63.7 Å². The van der Waals surface area contributed by atoms with Gasteiger partial charge in [0, 0.05) is 24.2 Å². The maximum absolute atomic E-state index is 12.7. The van der Waals surface area contributed by atoms with E-state index in [-0.39, 0.29) is 37.0 Å². The molecule has 2 aromatic rings. The Hall–Kier alpha value is -3.16. The van der Waals surface area contributed by atoms with Gasteiger partial charge in [0.2, 0.25) is 5.78 Å². The molecule has 34 heavy (non-hydrogen) atoms. The van der Waals surface area contributed by atoms with Crippen molar-refractivity contribution in [3.63, 3.8) is 0 Å². The van der Waals surface area contributed by atoms with Crippen LogP contribution in [0.2, 0.25) is 0 Å². The maximum Gasteiger partial charge on any atom is 0.416 e. The standard InChI is InChI=1S/C26H28F3NO4/c1-3-17-5-6-18(4-2)22(15-17)23(31)16-34-25(33)20-11-13-30(14-12-20)24(32)19-7-9-21(10-8-19)26(27,28)29/h5-10,15,20H,3-4,11-14,16H2,1-2H3. The third-order valence-electron chi connectivity index (χ3n) is 6.18. The zero-order chi connectivity index (χ0) is 24.9. The number of amides is 1. The summed E-state index contributed by atoms with van der Waals surface area (Å²) in [5.74, 6) is -1.52. The van der Waals surface area contributed by atoms with Crippen LogP contribution in [0.15, 0.2) is 42.5 Å². The van der Waals surface area contributed by atoms with E-state index in [1.165, 1.54) is 4.90 Å². The number of Topliss-reactive ketones (excluding diaryl/α,β-unsaturated/α-hetero) is 1. The van der Waals surface area contributed by atoms with Gasteiger partial charge >= 0.3 is 12.1 Å². The summed E-state index contributed by atoms with van der Waals surface area (Å²) in [6, 6.07) is 9.85. The molecule has 2 aromatic carbocycles. The van der Waals surface area contributed by atoms with E-state index in [1.54, 1.807) is 0 Å². The van der Waals surface area contributed by atoms with Crippen LogP contribution in [0.1, 0.15) is 64.1 Å². The van der Waals surface area contributed by atoms with Crippen molar-refractivity contribution in [2.45, 2.75) is 45.7 Å². The average Bonchev–Trinajstić information content (AvgIpc) is 2.85. The second-order valence-electron chi connectivity index (χ2n) is 8.37. The lowest BCUT2D eigenvalue weighted by Gasteiger charge is -2.31. The number of ketones is 1. The molecule has 0 saturated carbocycles. The van der Waals surface area contributed by atoms with E-state index in [4.69, 9.17) is 4.74 Å². The lowest BCUT2D eigenvalue weighted by molar-refractivity contribution is -0.148. The van der Waals surface area contributed by atoms with Gasteiger partial charge in [-0.15, -0.1) is 0 Å². The fourth-order valence-electron chi connectivity index (χ4n) is 4.05. The SMILES string of the molecule is CCc1ccc(CC)c(C(=O)COC(=O)C2CCN(C(=O)c3ccc(C(F)(F)F)cc3)CC2)c1. The molecule has 0 bridgehead atoms. The smallest absolute Gasteiger partial charge is 0.416 e. The van der Waals surface area contributed by atoms with Crippen molar-refractivity contribution in [1.29, 1.82) is 0 Å². The van der Waals surface area contributed by atoms with Gasteiger partial charge in [-0.3, -0.25) is 14.4 Å². The highest BCUT2D eigenvalue weighted by atomic mass is 19.4. The van der Waals surface area contributed by atoms with Crippen LogP contribution in [0, 0.1) is 5.92 Å².